The number of nitrogens with zero attached hydrogens (tertiary/aromatic N) is 2. The summed E-state index contributed by atoms with van der Waals surface area (Å²) in [5, 5.41) is 0. The van der Waals surface area contributed by atoms with Crippen LogP contribution in [0.4, 0.5) is 5.95 Å². The predicted molar refractivity (Wildman–Crippen MR) is 105 cm³/mol. The van der Waals surface area contributed by atoms with Gasteiger partial charge in [-0.05, 0) is 35.4 Å². The molecular weight excluding hydrogens is 378 g/mol. The van der Waals surface area contributed by atoms with Crippen LogP contribution in [0.5, 0.6) is 11.6 Å². The number of sulfone groups is 1. The summed E-state index contributed by atoms with van der Waals surface area (Å²) >= 11 is 0. The van der Waals surface area contributed by atoms with Crippen LogP contribution in [-0.2, 0) is 27.5 Å². The van der Waals surface area contributed by atoms with Gasteiger partial charge in [0.2, 0.25) is 11.8 Å². The maximum atomic E-state index is 12.3. The van der Waals surface area contributed by atoms with Crippen LogP contribution in [0.2, 0.25) is 0 Å². The van der Waals surface area contributed by atoms with E-state index < -0.39 is 9.84 Å². The number of hydrogen-bond donors (Lipinski definition) is 1. The molecule has 0 spiro atoms. The SMILES string of the molecule is CS(=O)(=O)c1cccc(CC(=O)Cc2ccc(Oc3ccnc(N)n3)cc2)c1. The highest BCUT2D eigenvalue weighted by Crippen LogP contribution is 2.20. The fraction of sp³-hybridized carbons (Fsp3) is 0.150. The van der Waals surface area contributed by atoms with E-state index in [9.17, 15) is 13.2 Å². The second-order valence-corrected chi connectivity index (χ2v) is 8.33. The minimum atomic E-state index is -3.30. The largest absolute Gasteiger partial charge is 0.439 e. The minimum absolute atomic E-state index is 0.0112. The van der Waals surface area contributed by atoms with Gasteiger partial charge in [0, 0.05) is 31.4 Å². The second kappa shape index (κ2) is 8.18. The van der Waals surface area contributed by atoms with Crippen molar-refractivity contribution in [2.75, 3.05) is 12.0 Å². The summed E-state index contributed by atoms with van der Waals surface area (Å²) in [6.07, 6.45) is 3.06. The molecule has 2 aromatic carbocycles. The number of hydrogen-bond acceptors (Lipinski definition) is 7. The molecule has 28 heavy (non-hydrogen) atoms. The zero-order valence-electron chi connectivity index (χ0n) is 15.2. The summed E-state index contributed by atoms with van der Waals surface area (Å²) in [6.45, 7) is 0. The van der Waals surface area contributed by atoms with Crippen LogP contribution < -0.4 is 10.5 Å². The number of nitrogen functional groups attached to an aromatic ring is 1. The molecule has 0 radical (unpaired) electrons. The Labute approximate surface area is 163 Å². The van der Waals surface area contributed by atoms with Gasteiger partial charge >= 0.3 is 0 Å². The van der Waals surface area contributed by atoms with E-state index in [0.29, 0.717) is 17.2 Å². The third-order valence-electron chi connectivity index (χ3n) is 3.92. The van der Waals surface area contributed by atoms with Gasteiger partial charge in [0.25, 0.3) is 0 Å². The van der Waals surface area contributed by atoms with E-state index in [1.807, 2.05) is 0 Å². The Balaban J connectivity index is 1.62. The third-order valence-corrected chi connectivity index (χ3v) is 5.03. The summed E-state index contributed by atoms with van der Waals surface area (Å²) in [4.78, 5) is 20.3. The Hall–Kier alpha value is -3.26. The molecule has 8 heteroatoms. The van der Waals surface area contributed by atoms with Gasteiger partial charge in [0.15, 0.2) is 9.84 Å². The van der Waals surface area contributed by atoms with E-state index in [1.54, 1.807) is 42.5 Å². The zero-order valence-corrected chi connectivity index (χ0v) is 16.0. The maximum absolute atomic E-state index is 12.3. The number of ketones is 1. The fourth-order valence-electron chi connectivity index (χ4n) is 2.61. The number of benzene rings is 2. The van der Waals surface area contributed by atoms with Gasteiger partial charge in [0.1, 0.15) is 11.5 Å². The van der Waals surface area contributed by atoms with Crippen LogP contribution in [0.15, 0.2) is 65.7 Å². The first-order valence-corrected chi connectivity index (χ1v) is 10.3. The first-order valence-electron chi connectivity index (χ1n) is 8.45. The van der Waals surface area contributed by atoms with Crippen molar-refractivity contribution in [1.82, 2.24) is 9.97 Å². The molecule has 0 atom stereocenters. The summed E-state index contributed by atoms with van der Waals surface area (Å²) in [6, 6.07) is 15.1. The van der Waals surface area contributed by atoms with E-state index >= 15 is 0 Å². The minimum Gasteiger partial charge on any atom is -0.439 e. The van der Waals surface area contributed by atoms with Crippen LogP contribution in [0, 0.1) is 0 Å². The van der Waals surface area contributed by atoms with Crippen molar-refractivity contribution < 1.29 is 17.9 Å². The second-order valence-electron chi connectivity index (χ2n) is 6.31. The molecule has 7 nitrogen and oxygen atoms in total. The number of ether oxygens (including phenoxy) is 1. The van der Waals surface area contributed by atoms with E-state index in [0.717, 1.165) is 11.8 Å². The number of carbonyl (C=O) groups is 1. The van der Waals surface area contributed by atoms with E-state index in [1.165, 1.54) is 18.3 Å². The smallest absolute Gasteiger partial charge is 0.224 e. The van der Waals surface area contributed by atoms with E-state index in [4.69, 9.17) is 10.5 Å². The Bertz CT molecular complexity index is 1100. The molecule has 0 saturated heterocycles. The van der Waals surface area contributed by atoms with Gasteiger partial charge in [-0.15, -0.1) is 0 Å². The summed E-state index contributed by atoms with van der Waals surface area (Å²) in [5.41, 5.74) is 7.02. The normalized spacial score (nSPS) is 11.2. The van der Waals surface area contributed by atoms with Gasteiger partial charge in [-0.1, -0.05) is 24.3 Å². The van der Waals surface area contributed by atoms with E-state index in [-0.39, 0.29) is 29.5 Å². The monoisotopic (exact) mass is 397 g/mol. The molecule has 0 unspecified atom stereocenters. The van der Waals surface area contributed by atoms with Crippen molar-refractivity contribution in [3.05, 3.63) is 71.9 Å². The van der Waals surface area contributed by atoms with Crippen molar-refractivity contribution in [2.24, 2.45) is 0 Å². The molecule has 2 N–H and O–H groups in total. The molecule has 0 aliphatic rings. The molecular formula is C20H19N3O4S. The number of carbonyl (C=O) groups excluding carboxylic acids is 1. The van der Waals surface area contributed by atoms with Crippen molar-refractivity contribution in [1.29, 1.82) is 0 Å². The number of nitrogens with two attached hydrogens (primary N) is 1. The highest BCUT2D eigenvalue weighted by Gasteiger charge is 2.10. The molecule has 0 aliphatic carbocycles. The van der Waals surface area contributed by atoms with Crippen molar-refractivity contribution in [2.45, 2.75) is 17.7 Å². The predicted octanol–water partition coefficient (Wildman–Crippen LogP) is 2.61. The Morgan fingerprint density at radius 3 is 2.43 bits per heavy atom. The first-order chi connectivity index (χ1) is 13.3. The standard InChI is InChI=1S/C20H19N3O4S/c1-28(25,26)18-4-2-3-15(13-18)12-16(24)11-14-5-7-17(8-6-14)27-19-9-10-22-20(21)23-19/h2-10,13H,11-12H2,1H3,(H2,21,22,23). The fourth-order valence-corrected chi connectivity index (χ4v) is 3.30. The molecule has 1 heterocycles. The van der Waals surface area contributed by atoms with Crippen molar-refractivity contribution in [3.8, 4) is 11.6 Å². The zero-order chi connectivity index (χ0) is 20.1. The summed E-state index contributed by atoms with van der Waals surface area (Å²) < 4.78 is 28.9. The van der Waals surface area contributed by atoms with Crippen molar-refractivity contribution in [3.63, 3.8) is 0 Å². The molecule has 0 aliphatic heterocycles. The van der Waals surface area contributed by atoms with Gasteiger partial charge < -0.3 is 10.5 Å². The van der Waals surface area contributed by atoms with Gasteiger partial charge in [-0.2, -0.15) is 4.98 Å². The molecule has 0 bridgehead atoms. The highest BCUT2D eigenvalue weighted by molar-refractivity contribution is 7.90. The lowest BCUT2D eigenvalue weighted by Crippen LogP contribution is -2.07. The van der Waals surface area contributed by atoms with Gasteiger partial charge in [-0.3, -0.25) is 4.79 Å². The Morgan fingerprint density at radius 1 is 1.04 bits per heavy atom. The van der Waals surface area contributed by atoms with Gasteiger partial charge in [-0.25, -0.2) is 13.4 Å². The molecule has 0 saturated carbocycles. The average Bonchev–Trinajstić information content (AvgIpc) is 2.63. The molecule has 144 valence electrons. The van der Waals surface area contributed by atoms with Crippen LogP contribution in [0.25, 0.3) is 0 Å². The molecule has 3 aromatic rings. The van der Waals surface area contributed by atoms with Crippen molar-refractivity contribution >= 4 is 21.6 Å². The topological polar surface area (TPSA) is 112 Å². The Morgan fingerprint density at radius 2 is 1.75 bits per heavy atom. The summed E-state index contributed by atoms with van der Waals surface area (Å²) in [7, 11) is -3.30. The van der Waals surface area contributed by atoms with Gasteiger partial charge in [0.05, 0.1) is 4.90 Å². The quantitative estimate of drug-likeness (QED) is 0.652. The number of rotatable bonds is 7. The lowest BCUT2D eigenvalue weighted by atomic mass is 10.0. The summed E-state index contributed by atoms with van der Waals surface area (Å²) in [5.74, 6) is 1.01. The lowest BCUT2D eigenvalue weighted by molar-refractivity contribution is -0.117. The third kappa shape index (κ3) is 5.37. The number of aromatic nitrogens is 2. The highest BCUT2D eigenvalue weighted by atomic mass is 32.2. The van der Waals surface area contributed by atoms with Crippen LogP contribution in [-0.4, -0.2) is 30.4 Å². The first kappa shape index (κ1) is 19.5. The van der Waals surface area contributed by atoms with Crippen LogP contribution in [0.1, 0.15) is 11.1 Å². The molecule has 0 fully saturated rings. The average molecular weight is 397 g/mol. The molecule has 3 rings (SSSR count). The van der Waals surface area contributed by atoms with Crippen LogP contribution >= 0.6 is 0 Å². The number of anilines is 1. The molecule has 1 aromatic heterocycles. The maximum Gasteiger partial charge on any atom is 0.224 e. The van der Waals surface area contributed by atoms with E-state index in [2.05, 4.69) is 9.97 Å². The lowest BCUT2D eigenvalue weighted by Gasteiger charge is -2.07. The van der Waals surface area contributed by atoms with Crippen LogP contribution in [0.3, 0.4) is 0 Å². The Kier molecular flexibility index (Phi) is 5.70. The number of Topliss-reactive ketones (excluding diaryl/α,β-unsaturated/α-hetero) is 1. The molecule has 0 amide bonds.